The van der Waals surface area contributed by atoms with Gasteiger partial charge in [0.05, 0.1) is 6.54 Å². The van der Waals surface area contributed by atoms with Gasteiger partial charge in [-0.1, -0.05) is 23.4 Å². The fourth-order valence-electron chi connectivity index (χ4n) is 1.62. The number of amides is 1. The second-order valence-corrected chi connectivity index (χ2v) is 3.90. The van der Waals surface area contributed by atoms with Crippen molar-refractivity contribution in [2.24, 2.45) is 10.9 Å². The fourth-order valence-corrected chi connectivity index (χ4v) is 1.62. The number of hydrogen-bond donors (Lipinski definition) is 2. The fraction of sp³-hybridized carbons (Fsp3) is 0.167. The summed E-state index contributed by atoms with van der Waals surface area (Å²) in [5.41, 5.74) is 5.99. The minimum atomic E-state index is -0.321. The van der Waals surface area contributed by atoms with E-state index < -0.39 is 0 Å². The summed E-state index contributed by atoms with van der Waals surface area (Å²) in [4.78, 5) is 13.3. The molecule has 0 atom stereocenters. The van der Waals surface area contributed by atoms with Gasteiger partial charge in [-0.2, -0.15) is 0 Å². The molecule has 1 amide bonds. The lowest BCUT2D eigenvalue weighted by atomic mass is 10.2. The normalized spacial score (nSPS) is 11.7. The third-order valence-electron chi connectivity index (χ3n) is 2.51. The molecule has 2 rings (SSSR count). The summed E-state index contributed by atoms with van der Waals surface area (Å²) >= 11 is 0. The van der Waals surface area contributed by atoms with E-state index in [1.165, 1.54) is 4.90 Å². The van der Waals surface area contributed by atoms with Crippen molar-refractivity contribution in [1.82, 2.24) is 4.90 Å². The van der Waals surface area contributed by atoms with Crippen molar-refractivity contribution in [3.63, 3.8) is 0 Å². The van der Waals surface area contributed by atoms with E-state index in [4.69, 9.17) is 15.4 Å². The minimum Gasteiger partial charge on any atom is -0.451 e. The van der Waals surface area contributed by atoms with Gasteiger partial charge in [0.1, 0.15) is 5.58 Å². The molecule has 94 valence electrons. The van der Waals surface area contributed by atoms with E-state index in [1.807, 2.05) is 18.2 Å². The zero-order valence-corrected chi connectivity index (χ0v) is 9.83. The second-order valence-electron chi connectivity index (χ2n) is 3.90. The topological polar surface area (TPSA) is 92.1 Å². The summed E-state index contributed by atoms with van der Waals surface area (Å²) in [7, 11) is 1.55. The summed E-state index contributed by atoms with van der Waals surface area (Å²) in [5, 5.41) is 12.1. The SMILES string of the molecule is CN(CC(N)=NO)C(=O)c1cc2ccccc2o1. The number of furan rings is 1. The van der Waals surface area contributed by atoms with Crippen LogP contribution in [-0.2, 0) is 0 Å². The molecule has 0 unspecified atom stereocenters. The van der Waals surface area contributed by atoms with Crippen LogP contribution in [0.4, 0.5) is 0 Å². The average molecular weight is 247 g/mol. The van der Waals surface area contributed by atoms with Gasteiger partial charge in [-0.15, -0.1) is 0 Å². The number of carbonyl (C=O) groups is 1. The Kier molecular flexibility index (Phi) is 3.18. The lowest BCUT2D eigenvalue weighted by molar-refractivity contribution is 0.0785. The largest absolute Gasteiger partial charge is 0.451 e. The Hall–Kier alpha value is -2.50. The number of rotatable bonds is 3. The predicted molar refractivity (Wildman–Crippen MR) is 66.6 cm³/mol. The molecular formula is C12H13N3O3. The molecule has 1 aromatic heterocycles. The number of para-hydroxylation sites is 1. The first-order valence-corrected chi connectivity index (χ1v) is 5.32. The van der Waals surface area contributed by atoms with Crippen LogP contribution in [0.15, 0.2) is 39.9 Å². The number of benzene rings is 1. The smallest absolute Gasteiger partial charge is 0.289 e. The van der Waals surface area contributed by atoms with Gasteiger partial charge >= 0.3 is 0 Å². The lowest BCUT2D eigenvalue weighted by Gasteiger charge is -2.13. The van der Waals surface area contributed by atoms with E-state index in [0.717, 1.165) is 5.39 Å². The molecule has 2 aromatic rings. The van der Waals surface area contributed by atoms with Crippen molar-refractivity contribution in [2.75, 3.05) is 13.6 Å². The molecule has 0 bridgehead atoms. The number of nitrogens with zero attached hydrogens (tertiary/aromatic N) is 2. The maximum Gasteiger partial charge on any atom is 0.289 e. The van der Waals surface area contributed by atoms with E-state index in [0.29, 0.717) is 5.58 Å². The molecule has 0 radical (unpaired) electrons. The number of likely N-dealkylation sites (N-methyl/N-ethyl adjacent to an activating group) is 1. The van der Waals surface area contributed by atoms with Crippen molar-refractivity contribution in [1.29, 1.82) is 0 Å². The molecule has 18 heavy (non-hydrogen) atoms. The van der Waals surface area contributed by atoms with E-state index in [9.17, 15) is 4.79 Å². The van der Waals surface area contributed by atoms with Crippen molar-refractivity contribution in [2.45, 2.75) is 0 Å². The Bertz CT molecular complexity index is 570. The van der Waals surface area contributed by atoms with E-state index >= 15 is 0 Å². The second kappa shape index (κ2) is 4.79. The third kappa shape index (κ3) is 2.27. The molecule has 6 heteroatoms. The Morgan fingerprint density at radius 3 is 2.89 bits per heavy atom. The van der Waals surface area contributed by atoms with Gasteiger partial charge in [-0.05, 0) is 12.1 Å². The van der Waals surface area contributed by atoms with Crippen LogP contribution in [0.3, 0.4) is 0 Å². The van der Waals surface area contributed by atoms with Crippen molar-refractivity contribution < 1.29 is 14.4 Å². The number of carbonyl (C=O) groups excluding carboxylic acids is 1. The zero-order valence-electron chi connectivity index (χ0n) is 9.83. The Labute approximate surface area is 103 Å². The van der Waals surface area contributed by atoms with Crippen LogP contribution >= 0.6 is 0 Å². The minimum absolute atomic E-state index is 0.0341. The van der Waals surface area contributed by atoms with Crippen LogP contribution < -0.4 is 5.73 Å². The van der Waals surface area contributed by atoms with Crippen LogP contribution in [0.5, 0.6) is 0 Å². The van der Waals surface area contributed by atoms with Crippen molar-refractivity contribution >= 4 is 22.7 Å². The van der Waals surface area contributed by atoms with Gasteiger partial charge < -0.3 is 20.3 Å². The predicted octanol–water partition coefficient (Wildman–Crippen LogP) is 1.25. The summed E-state index contributed by atoms with van der Waals surface area (Å²) in [6, 6.07) is 9.02. The first-order chi connectivity index (χ1) is 8.61. The molecule has 0 saturated carbocycles. The van der Waals surface area contributed by atoms with Gasteiger partial charge in [0, 0.05) is 12.4 Å². The summed E-state index contributed by atoms with van der Waals surface area (Å²) in [6.45, 7) is 0.0341. The molecule has 6 nitrogen and oxygen atoms in total. The number of hydrogen-bond acceptors (Lipinski definition) is 4. The van der Waals surface area contributed by atoms with Crippen LogP contribution in [0.2, 0.25) is 0 Å². The van der Waals surface area contributed by atoms with Gasteiger partial charge in [0.15, 0.2) is 11.6 Å². The third-order valence-corrected chi connectivity index (χ3v) is 2.51. The van der Waals surface area contributed by atoms with Crippen LogP contribution in [0.25, 0.3) is 11.0 Å². The highest BCUT2D eigenvalue weighted by molar-refractivity contribution is 5.98. The highest BCUT2D eigenvalue weighted by Crippen LogP contribution is 2.19. The van der Waals surface area contributed by atoms with Crippen LogP contribution in [0.1, 0.15) is 10.6 Å². The molecular weight excluding hydrogens is 234 g/mol. The molecule has 0 saturated heterocycles. The Balaban J connectivity index is 2.22. The van der Waals surface area contributed by atoms with Crippen molar-refractivity contribution in [3.05, 3.63) is 36.1 Å². The molecule has 0 aliphatic rings. The average Bonchev–Trinajstić information content (AvgIpc) is 2.81. The van der Waals surface area contributed by atoms with Crippen LogP contribution in [0, 0.1) is 0 Å². The maximum atomic E-state index is 12.0. The Morgan fingerprint density at radius 1 is 1.50 bits per heavy atom. The maximum absolute atomic E-state index is 12.0. The highest BCUT2D eigenvalue weighted by Gasteiger charge is 2.17. The summed E-state index contributed by atoms with van der Waals surface area (Å²) in [6.07, 6.45) is 0. The Morgan fingerprint density at radius 2 is 2.22 bits per heavy atom. The van der Waals surface area contributed by atoms with E-state index in [2.05, 4.69) is 5.16 Å². The van der Waals surface area contributed by atoms with Crippen LogP contribution in [-0.4, -0.2) is 35.4 Å². The number of amidine groups is 1. The molecule has 0 spiro atoms. The van der Waals surface area contributed by atoms with Gasteiger partial charge in [0.2, 0.25) is 0 Å². The molecule has 1 heterocycles. The van der Waals surface area contributed by atoms with Crippen molar-refractivity contribution in [3.8, 4) is 0 Å². The van der Waals surface area contributed by atoms with Gasteiger partial charge in [0.25, 0.3) is 5.91 Å². The quantitative estimate of drug-likeness (QED) is 0.369. The molecule has 0 aliphatic carbocycles. The molecule has 3 N–H and O–H groups in total. The first-order valence-electron chi connectivity index (χ1n) is 5.32. The van der Waals surface area contributed by atoms with Gasteiger partial charge in [-0.25, -0.2) is 0 Å². The van der Waals surface area contributed by atoms with Gasteiger partial charge in [-0.3, -0.25) is 4.79 Å². The number of nitrogens with two attached hydrogens (primary N) is 1. The number of oxime groups is 1. The van der Waals surface area contributed by atoms with E-state index in [1.54, 1.807) is 19.2 Å². The lowest BCUT2D eigenvalue weighted by Crippen LogP contribution is -2.35. The molecule has 0 aliphatic heterocycles. The number of fused-ring (bicyclic) bond motifs is 1. The monoisotopic (exact) mass is 247 g/mol. The molecule has 1 aromatic carbocycles. The van der Waals surface area contributed by atoms with E-state index in [-0.39, 0.29) is 24.0 Å². The standard InChI is InChI=1S/C12H13N3O3/c1-15(7-11(13)14-17)12(16)10-6-8-4-2-3-5-9(8)18-10/h2-6,17H,7H2,1H3,(H2,13,14). The highest BCUT2D eigenvalue weighted by atomic mass is 16.4. The summed E-state index contributed by atoms with van der Waals surface area (Å²) < 4.78 is 5.43. The first kappa shape index (κ1) is 12.0. The zero-order chi connectivity index (χ0) is 13.1. The molecule has 0 fully saturated rings. The summed E-state index contributed by atoms with van der Waals surface area (Å²) in [5.74, 6) is -0.135.